The zero-order chi connectivity index (χ0) is 10.5. The minimum atomic E-state index is 0.661. The van der Waals surface area contributed by atoms with Crippen molar-refractivity contribution in [2.75, 3.05) is 12.8 Å². The van der Waals surface area contributed by atoms with Crippen LogP contribution in [0.5, 0.6) is 0 Å². The van der Waals surface area contributed by atoms with Crippen LogP contribution in [-0.4, -0.2) is 24.1 Å². The number of thiophene rings is 1. The van der Waals surface area contributed by atoms with Crippen molar-refractivity contribution >= 4 is 23.1 Å². The minimum Gasteiger partial charge on any atom is -0.316 e. The maximum Gasteiger partial charge on any atom is 0.0231 e. The lowest BCUT2D eigenvalue weighted by Gasteiger charge is -2.29. The van der Waals surface area contributed by atoms with Crippen LogP contribution in [0.2, 0.25) is 0 Å². The smallest absolute Gasteiger partial charge is 0.0231 e. The molecule has 1 saturated heterocycles. The molecule has 1 aromatic heterocycles. The average molecular weight is 241 g/mol. The fourth-order valence-electron chi connectivity index (χ4n) is 2.15. The van der Waals surface area contributed by atoms with Gasteiger partial charge in [0, 0.05) is 16.2 Å². The van der Waals surface area contributed by atoms with Crippen LogP contribution >= 0.6 is 23.1 Å². The van der Waals surface area contributed by atoms with Crippen molar-refractivity contribution in [1.29, 1.82) is 0 Å². The van der Waals surface area contributed by atoms with Crippen LogP contribution in [0.15, 0.2) is 17.5 Å². The van der Waals surface area contributed by atoms with Crippen molar-refractivity contribution in [3.63, 3.8) is 0 Å². The molecule has 2 atom stereocenters. The third kappa shape index (κ3) is 3.23. The van der Waals surface area contributed by atoms with E-state index in [1.807, 2.05) is 11.3 Å². The van der Waals surface area contributed by atoms with Gasteiger partial charge in [-0.05, 0) is 43.5 Å². The van der Waals surface area contributed by atoms with E-state index in [0.717, 1.165) is 5.25 Å². The largest absolute Gasteiger partial charge is 0.316 e. The normalized spacial score (nSPS) is 23.9. The third-order valence-electron chi connectivity index (χ3n) is 3.04. The highest BCUT2D eigenvalue weighted by atomic mass is 32.2. The highest BCUT2D eigenvalue weighted by molar-refractivity contribution is 8.00. The molecular weight excluding hydrogens is 222 g/mol. The molecule has 0 aliphatic carbocycles. The first kappa shape index (κ1) is 11.5. The molecule has 84 valence electrons. The van der Waals surface area contributed by atoms with Gasteiger partial charge in [0.1, 0.15) is 0 Å². The Morgan fingerprint density at radius 1 is 1.53 bits per heavy atom. The van der Waals surface area contributed by atoms with Crippen molar-refractivity contribution in [3.05, 3.63) is 22.4 Å². The minimum absolute atomic E-state index is 0.661. The summed E-state index contributed by atoms with van der Waals surface area (Å²) in [6.07, 6.45) is 5.42. The molecule has 3 heteroatoms. The lowest BCUT2D eigenvalue weighted by Crippen LogP contribution is -2.38. The van der Waals surface area contributed by atoms with Gasteiger partial charge in [0.2, 0.25) is 0 Å². The van der Waals surface area contributed by atoms with Crippen molar-refractivity contribution in [2.24, 2.45) is 0 Å². The van der Waals surface area contributed by atoms with Gasteiger partial charge in [-0.3, -0.25) is 0 Å². The number of hydrogen-bond donors (Lipinski definition) is 1. The number of hydrogen-bond acceptors (Lipinski definition) is 3. The van der Waals surface area contributed by atoms with E-state index in [1.54, 1.807) is 0 Å². The van der Waals surface area contributed by atoms with Gasteiger partial charge in [-0.15, -0.1) is 11.3 Å². The van der Waals surface area contributed by atoms with E-state index in [9.17, 15) is 0 Å². The molecule has 0 spiro atoms. The first-order valence-electron chi connectivity index (χ1n) is 5.71. The van der Waals surface area contributed by atoms with E-state index in [-0.39, 0.29) is 0 Å². The molecule has 1 nitrogen and oxygen atoms in total. The number of thioether (sulfide) groups is 1. The van der Waals surface area contributed by atoms with E-state index in [2.05, 4.69) is 41.6 Å². The quantitative estimate of drug-likeness (QED) is 0.869. The predicted octanol–water partition coefficient (Wildman–Crippen LogP) is 3.16. The SMILES string of the molecule is CNC(Cc1cccs1)C1CCCCS1. The van der Waals surface area contributed by atoms with Crippen molar-refractivity contribution in [1.82, 2.24) is 5.32 Å². The molecular formula is C12H19NS2. The predicted molar refractivity (Wildman–Crippen MR) is 71.0 cm³/mol. The second-order valence-electron chi connectivity index (χ2n) is 4.08. The Hall–Kier alpha value is 0.01000. The lowest BCUT2D eigenvalue weighted by molar-refractivity contribution is 0.497. The number of nitrogens with one attached hydrogen (secondary N) is 1. The molecule has 1 aromatic rings. The summed E-state index contributed by atoms with van der Waals surface area (Å²) in [4.78, 5) is 1.51. The summed E-state index contributed by atoms with van der Waals surface area (Å²) >= 11 is 4.04. The van der Waals surface area contributed by atoms with Gasteiger partial charge in [-0.2, -0.15) is 11.8 Å². The second-order valence-corrected chi connectivity index (χ2v) is 6.46. The van der Waals surface area contributed by atoms with Crippen molar-refractivity contribution < 1.29 is 0 Å². The summed E-state index contributed by atoms with van der Waals surface area (Å²) in [5.41, 5.74) is 0. The molecule has 15 heavy (non-hydrogen) atoms. The zero-order valence-electron chi connectivity index (χ0n) is 9.24. The summed E-state index contributed by atoms with van der Waals surface area (Å²) in [5, 5.41) is 6.50. The van der Waals surface area contributed by atoms with E-state index < -0.39 is 0 Å². The van der Waals surface area contributed by atoms with Crippen molar-refractivity contribution in [2.45, 2.75) is 37.0 Å². The molecule has 0 amide bonds. The molecule has 0 aromatic carbocycles. The molecule has 1 fully saturated rings. The van der Waals surface area contributed by atoms with E-state index in [1.165, 1.54) is 36.3 Å². The molecule has 2 rings (SSSR count). The van der Waals surface area contributed by atoms with Crippen LogP contribution in [0.3, 0.4) is 0 Å². The third-order valence-corrected chi connectivity index (χ3v) is 5.45. The van der Waals surface area contributed by atoms with Gasteiger partial charge in [0.25, 0.3) is 0 Å². The van der Waals surface area contributed by atoms with Gasteiger partial charge in [-0.1, -0.05) is 12.5 Å². The monoisotopic (exact) mass is 241 g/mol. The average Bonchev–Trinajstić information content (AvgIpc) is 2.80. The summed E-state index contributed by atoms with van der Waals surface area (Å²) in [6.45, 7) is 0. The van der Waals surface area contributed by atoms with Gasteiger partial charge in [0.05, 0.1) is 0 Å². The highest BCUT2D eigenvalue weighted by Gasteiger charge is 2.23. The summed E-state index contributed by atoms with van der Waals surface area (Å²) < 4.78 is 0. The first-order chi connectivity index (χ1) is 7.40. The fraction of sp³-hybridized carbons (Fsp3) is 0.667. The van der Waals surface area contributed by atoms with Crippen LogP contribution in [0.4, 0.5) is 0 Å². The number of rotatable bonds is 4. The Bertz CT molecular complexity index is 265. The Balaban J connectivity index is 1.91. The second kappa shape index (κ2) is 5.92. The Labute approximate surface area is 101 Å². The maximum atomic E-state index is 3.50. The Kier molecular flexibility index (Phi) is 4.54. The van der Waals surface area contributed by atoms with Gasteiger partial charge in [-0.25, -0.2) is 0 Å². The van der Waals surface area contributed by atoms with Crippen LogP contribution in [0.25, 0.3) is 0 Å². The summed E-state index contributed by atoms with van der Waals surface area (Å²) in [5.74, 6) is 1.35. The number of likely N-dealkylation sites (N-methyl/N-ethyl adjacent to an activating group) is 1. The van der Waals surface area contributed by atoms with Crippen LogP contribution < -0.4 is 5.32 Å². The Morgan fingerprint density at radius 3 is 3.07 bits per heavy atom. The maximum absolute atomic E-state index is 3.50. The molecule has 1 aliphatic heterocycles. The standard InChI is InChI=1S/C12H19NS2/c1-13-11(9-10-5-4-8-14-10)12-6-2-3-7-15-12/h4-5,8,11-13H,2-3,6-7,9H2,1H3. The molecule has 1 aliphatic rings. The molecule has 0 bridgehead atoms. The highest BCUT2D eigenvalue weighted by Crippen LogP contribution is 2.29. The van der Waals surface area contributed by atoms with E-state index in [0.29, 0.717) is 6.04 Å². The zero-order valence-corrected chi connectivity index (χ0v) is 10.9. The Morgan fingerprint density at radius 2 is 2.47 bits per heavy atom. The lowest BCUT2D eigenvalue weighted by atomic mass is 10.0. The van der Waals surface area contributed by atoms with Crippen molar-refractivity contribution in [3.8, 4) is 0 Å². The summed E-state index contributed by atoms with van der Waals surface area (Å²) in [7, 11) is 2.10. The fourth-order valence-corrected chi connectivity index (χ4v) is 4.38. The molecule has 0 radical (unpaired) electrons. The van der Waals surface area contributed by atoms with Gasteiger partial charge in [0.15, 0.2) is 0 Å². The van der Waals surface area contributed by atoms with Gasteiger partial charge >= 0.3 is 0 Å². The van der Waals surface area contributed by atoms with E-state index in [4.69, 9.17) is 0 Å². The first-order valence-corrected chi connectivity index (χ1v) is 7.64. The van der Waals surface area contributed by atoms with E-state index >= 15 is 0 Å². The molecule has 1 N–H and O–H groups in total. The molecule has 2 unspecified atom stereocenters. The summed E-state index contributed by atoms with van der Waals surface area (Å²) in [6, 6.07) is 5.07. The van der Waals surface area contributed by atoms with Crippen LogP contribution in [0, 0.1) is 0 Å². The topological polar surface area (TPSA) is 12.0 Å². The molecule has 2 heterocycles. The van der Waals surface area contributed by atoms with Crippen LogP contribution in [0.1, 0.15) is 24.1 Å². The van der Waals surface area contributed by atoms with Gasteiger partial charge < -0.3 is 5.32 Å². The van der Waals surface area contributed by atoms with Crippen LogP contribution in [-0.2, 0) is 6.42 Å². The molecule has 0 saturated carbocycles.